The third-order valence-electron chi connectivity index (χ3n) is 6.33. The fraction of sp³-hybridized carbons (Fsp3) is 0.571. The van der Waals surface area contributed by atoms with Crippen molar-refractivity contribution in [3.05, 3.63) is 34.2 Å². The van der Waals surface area contributed by atoms with Crippen molar-refractivity contribution >= 4 is 20.4 Å². The molecule has 4 rings (SSSR count). The first kappa shape index (κ1) is 20.6. The van der Waals surface area contributed by atoms with E-state index in [-0.39, 0.29) is 23.9 Å². The average Bonchev–Trinajstić information content (AvgIpc) is 3.13. The molecule has 5 unspecified atom stereocenters. The first-order valence-corrected chi connectivity index (χ1v) is 10.4. The van der Waals surface area contributed by atoms with Crippen molar-refractivity contribution in [2.75, 3.05) is 7.11 Å². The van der Waals surface area contributed by atoms with E-state index in [1.165, 1.54) is 0 Å². The summed E-state index contributed by atoms with van der Waals surface area (Å²) in [6.07, 6.45) is 2.92. The van der Waals surface area contributed by atoms with E-state index < -0.39 is 17.5 Å². The SMILES string of the molecule is COC1C(C)C(OP)C(Oc2ccc3c(O)cc(=O)oc3c2C)OC12CCCC2. The number of aryl methyl sites for hydroxylation is 1. The van der Waals surface area contributed by atoms with Crippen LogP contribution in [0.3, 0.4) is 0 Å². The first-order valence-electron chi connectivity index (χ1n) is 9.89. The fourth-order valence-electron chi connectivity index (χ4n) is 4.93. The van der Waals surface area contributed by atoms with E-state index in [1.54, 1.807) is 26.2 Å². The molecule has 2 aliphatic rings. The highest BCUT2D eigenvalue weighted by Gasteiger charge is 2.55. The second-order valence-corrected chi connectivity index (χ2v) is 8.28. The summed E-state index contributed by atoms with van der Waals surface area (Å²) in [5.41, 5.74) is -0.0980. The van der Waals surface area contributed by atoms with E-state index in [1.807, 2.05) is 0 Å². The van der Waals surface area contributed by atoms with Gasteiger partial charge in [0.2, 0.25) is 6.29 Å². The maximum atomic E-state index is 11.7. The van der Waals surface area contributed by atoms with Gasteiger partial charge in [-0.3, -0.25) is 0 Å². The minimum absolute atomic E-state index is 0.0529. The van der Waals surface area contributed by atoms with E-state index in [0.717, 1.165) is 31.7 Å². The number of benzene rings is 1. The van der Waals surface area contributed by atoms with Gasteiger partial charge in [-0.15, -0.1) is 0 Å². The van der Waals surface area contributed by atoms with Gasteiger partial charge in [0.15, 0.2) is 0 Å². The van der Waals surface area contributed by atoms with Crippen LogP contribution in [0.1, 0.15) is 38.2 Å². The first-order chi connectivity index (χ1) is 13.9. The summed E-state index contributed by atoms with van der Waals surface area (Å²) in [5.74, 6) is 0.448. The van der Waals surface area contributed by atoms with Crippen molar-refractivity contribution in [1.82, 2.24) is 0 Å². The number of fused-ring (bicyclic) bond motifs is 1. The Morgan fingerprint density at radius 3 is 2.66 bits per heavy atom. The molecule has 2 aromatic rings. The Hall–Kier alpha value is -1.66. The van der Waals surface area contributed by atoms with Crippen LogP contribution < -0.4 is 10.4 Å². The number of methoxy groups -OCH3 is 1. The summed E-state index contributed by atoms with van der Waals surface area (Å²) < 4.78 is 29.6. The van der Waals surface area contributed by atoms with Crippen molar-refractivity contribution < 1.29 is 28.3 Å². The molecular formula is C21H27O7P. The van der Waals surface area contributed by atoms with Crippen LogP contribution in [0, 0.1) is 12.8 Å². The molecule has 1 aromatic heterocycles. The summed E-state index contributed by atoms with van der Waals surface area (Å²) in [4.78, 5) is 11.7. The van der Waals surface area contributed by atoms with Gasteiger partial charge < -0.3 is 28.3 Å². The predicted octanol–water partition coefficient (Wildman–Crippen LogP) is 3.68. The molecule has 2 fully saturated rings. The van der Waals surface area contributed by atoms with E-state index in [2.05, 4.69) is 16.4 Å². The molecule has 8 heteroatoms. The zero-order valence-corrected chi connectivity index (χ0v) is 18.0. The minimum Gasteiger partial charge on any atom is -0.507 e. The lowest BCUT2D eigenvalue weighted by atomic mass is 9.80. The lowest BCUT2D eigenvalue weighted by Gasteiger charge is -2.50. The van der Waals surface area contributed by atoms with Gasteiger partial charge in [-0.05, 0) is 31.9 Å². The smallest absolute Gasteiger partial charge is 0.339 e. The van der Waals surface area contributed by atoms with Crippen LogP contribution in [0.25, 0.3) is 11.0 Å². The van der Waals surface area contributed by atoms with Gasteiger partial charge in [-0.1, -0.05) is 19.8 Å². The quantitative estimate of drug-likeness (QED) is 0.594. The summed E-state index contributed by atoms with van der Waals surface area (Å²) in [7, 11) is 4.02. The normalized spacial score (nSPS) is 28.8. The summed E-state index contributed by atoms with van der Waals surface area (Å²) in [6.45, 7) is 3.87. The van der Waals surface area contributed by atoms with Crippen LogP contribution >= 0.6 is 9.47 Å². The summed E-state index contributed by atoms with van der Waals surface area (Å²) in [5, 5.41) is 10.5. The van der Waals surface area contributed by atoms with Crippen molar-refractivity contribution in [3.63, 3.8) is 0 Å². The number of aromatic hydroxyl groups is 1. The van der Waals surface area contributed by atoms with Crippen LogP contribution in [0.5, 0.6) is 11.5 Å². The molecule has 0 amide bonds. The molecule has 1 spiro atoms. The Bertz CT molecular complexity index is 950. The topological polar surface area (TPSA) is 87.4 Å². The van der Waals surface area contributed by atoms with Crippen molar-refractivity contribution in [1.29, 1.82) is 0 Å². The summed E-state index contributed by atoms with van der Waals surface area (Å²) >= 11 is 0. The van der Waals surface area contributed by atoms with E-state index >= 15 is 0 Å². The molecule has 0 bridgehead atoms. The molecule has 7 nitrogen and oxygen atoms in total. The molecule has 158 valence electrons. The molecule has 1 N–H and O–H groups in total. The number of hydrogen-bond acceptors (Lipinski definition) is 7. The molecule has 1 saturated heterocycles. The highest BCUT2D eigenvalue weighted by molar-refractivity contribution is 7.09. The third kappa shape index (κ3) is 3.44. The summed E-state index contributed by atoms with van der Waals surface area (Å²) in [6, 6.07) is 4.47. The standard InChI is InChI=1S/C21H27O7P/c1-11-15(7-6-13-14(22)10-16(23)26-17(11)13)25-20-18(28-29)12(2)19(24-3)21(27-20)8-4-5-9-21/h6-7,10,12,18-20,22H,4-5,8-9,29H2,1-3H3. The monoisotopic (exact) mass is 422 g/mol. The molecule has 29 heavy (non-hydrogen) atoms. The molecule has 0 radical (unpaired) electrons. The van der Waals surface area contributed by atoms with Crippen LogP contribution in [-0.4, -0.2) is 36.3 Å². The van der Waals surface area contributed by atoms with Crippen LogP contribution in [0.2, 0.25) is 0 Å². The number of hydrogen-bond donors (Lipinski definition) is 1. The van der Waals surface area contributed by atoms with Gasteiger partial charge in [0, 0.05) is 28.1 Å². The highest BCUT2D eigenvalue weighted by atomic mass is 31.0. The van der Waals surface area contributed by atoms with Gasteiger partial charge in [-0.2, -0.15) is 0 Å². The lowest BCUT2D eigenvalue weighted by Crippen LogP contribution is -2.62. The minimum atomic E-state index is -0.646. The molecular weight excluding hydrogens is 395 g/mol. The van der Waals surface area contributed by atoms with Crippen LogP contribution in [0.15, 0.2) is 27.4 Å². The number of ether oxygens (including phenoxy) is 3. The Morgan fingerprint density at radius 2 is 2.00 bits per heavy atom. The molecule has 1 aromatic carbocycles. The van der Waals surface area contributed by atoms with Crippen LogP contribution in [-0.2, 0) is 14.0 Å². The van der Waals surface area contributed by atoms with E-state index in [4.69, 9.17) is 23.2 Å². The van der Waals surface area contributed by atoms with Crippen molar-refractivity contribution in [3.8, 4) is 11.5 Å². The second kappa shape index (κ2) is 7.88. The second-order valence-electron chi connectivity index (χ2n) is 8.01. The van der Waals surface area contributed by atoms with Crippen molar-refractivity contribution in [2.45, 2.75) is 63.6 Å². The molecule has 2 heterocycles. The highest BCUT2D eigenvalue weighted by Crippen LogP contribution is 2.47. The van der Waals surface area contributed by atoms with Gasteiger partial charge in [-0.25, -0.2) is 4.79 Å². The van der Waals surface area contributed by atoms with E-state index in [9.17, 15) is 9.90 Å². The number of rotatable bonds is 4. The predicted molar refractivity (Wildman–Crippen MR) is 110 cm³/mol. The van der Waals surface area contributed by atoms with Crippen molar-refractivity contribution in [2.24, 2.45) is 5.92 Å². The Labute approximate surface area is 171 Å². The van der Waals surface area contributed by atoms with Crippen LogP contribution in [0.4, 0.5) is 0 Å². The zero-order chi connectivity index (χ0) is 20.8. The molecule has 5 atom stereocenters. The molecule has 1 aliphatic carbocycles. The Balaban J connectivity index is 1.70. The fourth-order valence-corrected chi connectivity index (χ4v) is 5.30. The lowest BCUT2D eigenvalue weighted by molar-refractivity contribution is -0.293. The Morgan fingerprint density at radius 1 is 1.28 bits per heavy atom. The van der Waals surface area contributed by atoms with Gasteiger partial charge >= 0.3 is 5.63 Å². The maximum absolute atomic E-state index is 11.7. The maximum Gasteiger partial charge on any atom is 0.339 e. The van der Waals surface area contributed by atoms with Gasteiger partial charge in [0.25, 0.3) is 0 Å². The molecule has 1 saturated carbocycles. The average molecular weight is 422 g/mol. The largest absolute Gasteiger partial charge is 0.507 e. The van der Waals surface area contributed by atoms with Gasteiger partial charge in [0.1, 0.15) is 23.2 Å². The zero-order valence-electron chi connectivity index (χ0n) is 16.8. The molecule has 1 aliphatic heterocycles. The van der Waals surface area contributed by atoms with E-state index in [0.29, 0.717) is 22.3 Å². The third-order valence-corrected chi connectivity index (χ3v) is 6.64. The Kier molecular flexibility index (Phi) is 5.60. The van der Waals surface area contributed by atoms with Gasteiger partial charge in [0.05, 0.1) is 23.2 Å².